The van der Waals surface area contributed by atoms with Crippen LogP contribution in [0, 0.1) is 0 Å². The smallest absolute Gasteiger partial charge is 0.163 e. The summed E-state index contributed by atoms with van der Waals surface area (Å²) >= 11 is 0. The fourth-order valence-corrected chi connectivity index (χ4v) is 0.873. The first-order chi connectivity index (χ1) is 5.67. The van der Waals surface area contributed by atoms with Gasteiger partial charge in [-0.05, 0) is 25.5 Å². The molecule has 0 saturated heterocycles. The van der Waals surface area contributed by atoms with Crippen LogP contribution in [0.3, 0.4) is 0 Å². The summed E-state index contributed by atoms with van der Waals surface area (Å²) in [4.78, 5) is 0. The average Bonchev–Trinajstić information content (AvgIpc) is 2.03. The second-order valence-corrected chi connectivity index (χ2v) is 2.38. The molecule has 0 fully saturated rings. The van der Waals surface area contributed by atoms with Crippen LogP contribution in [0.2, 0.25) is 0 Å². The van der Waals surface area contributed by atoms with Gasteiger partial charge in [0, 0.05) is 0 Å². The maximum atomic E-state index is 5.12. The summed E-state index contributed by atoms with van der Waals surface area (Å²) in [7, 11) is 3.21. The van der Waals surface area contributed by atoms with E-state index < -0.39 is 0 Å². The van der Waals surface area contributed by atoms with Gasteiger partial charge in [0.2, 0.25) is 0 Å². The van der Waals surface area contributed by atoms with Crippen LogP contribution >= 0.6 is 0 Å². The van der Waals surface area contributed by atoms with E-state index in [0.29, 0.717) is 11.5 Å². The zero-order chi connectivity index (χ0) is 9.56. The van der Waals surface area contributed by atoms with Crippen molar-refractivity contribution in [3.63, 3.8) is 0 Å². The van der Waals surface area contributed by atoms with Crippen LogP contribution in [0.5, 0.6) is 0 Å². The molecule has 0 heterocycles. The molecule has 0 amide bonds. The number of hydrogen-bond donors (Lipinski definition) is 0. The molecule has 0 bridgehead atoms. The average molecular weight is 168 g/mol. The lowest BCUT2D eigenvalue weighted by molar-refractivity contribution is 0.238. The molecule has 0 N–H and O–H groups in total. The quantitative estimate of drug-likeness (QED) is 0.474. The van der Waals surface area contributed by atoms with Gasteiger partial charge in [0.05, 0.1) is 14.2 Å². The largest absolute Gasteiger partial charge is 0.493 e. The summed E-state index contributed by atoms with van der Waals surface area (Å²) in [6, 6.07) is 0. The molecule has 12 heavy (non-hydrogen) atoms. The summed E-state index contributed by atoms with van der Waals surface area (Å²) in [6.07, 6.45) is 3.73. The minimum Gasteiger partial charge on any atom is -0.493 e. The zero-order valence-corrected chi connectivity index (χ0v) is 8.18. The van der Waals surface area contributed by atoms with E-state index in [1.54, 1.807) is 14.2 Å². The highest BCUT2D eigenvalue weighted by Crippen LogP contribution is 2.15. The third kappa shape index (κ3) is 2.82. The molecule has 0 unspecified atom stereocenters. The van der Waals surface area contributed by atoms with E-state index in [4.69, 9.17) is 9.47 Å². The number of methoxy groups -OCH3 is 2. The Morgan fingerprint density at radius 2 is 1.83 bits per heavy atom. The molecule has 0 spiro atoms. The van der Waals surface area contributed by atoms with E-state index in [1.807, 2.05) is 26.0 Å². The lowest BCUT2D eigenvalue weighted by Gasteiger charge is -2.09. The second kappa shape index (κ2) is 5.47. The zero-order valence-electron chi connectivity index (χ0n) is 8.18. The van der Waals surface area contributed by atoms with Crippen molar-refractivity contribution >= 4 is 0 Å². The van der Waals surface area contributed by atoms with Gasteiger partial charge in [-0.25, -0.2) is 0 Å². The topological polar surface area (TPSA) is 18.5 Å². The molecule has 68 valence electrons. The molecule has 0 aliphatic heterocycles. The Morgan fingerprint density at radius 3 is 2.08 bits per heavy atom. The Morgan fingerprint density at radius 1 is 1.25 bits per heavy atom. The predicted octanol–water partition coefficient (Wildman–Crippen LogP) is 2.64. The van der Waals surface area contributed by atoms with Crippen LogP contribution in [0.4, 0.5) is 0 Å². The molecule has 2 nitrogen and oxygen atoms in total. The van der Waals surface area contributed by atoms with Gasteiger partial charge >= 0.3 is 0 Å². The van der Waals surface area contributed by atoms with E-state index in [0.717, 1.165) is 5.57 Å². The van der Waals surface area contributed by atoms with Gasteiger partial charge in [-0.3, -0.25) is 0 Å². The second-order valence-electron chi connectivity index (χ2n) is 2.38. The summed E-state index contributed by atoms with van der Waals surface area (Å²) in [5, 5.41) is 0. The van der Waals surface area contributed by atoms with E-state index >= 15 is 0 Å². The molecular weight excluding hydrogens is 152 g/mol. The van der Waals surface area contributed by atoms with Crippen LogP contribution in [-0.4, -0.2) is 14.2 Å². The lowest BCUT2D eigenvalue weighted by atomic mass is 10.2. The Hall–Kier alpha value is -1.18. The van der Waals surface area contributed by atoms with Gasteiger partial charge in [-0.2, -0.15) is 0 Å². The predicted molar refractivity (Wildman–Crippen MR) is 50.7 cm³/mol. The van der Waals surface area contributed by atoms with E-state index in [-0.39, 0.29) is 0 Å². The fourth-order valence-electron chi connectivity index (χ4n) is 0.873. The molecule has 0 aromatic carbocycles. The van der Waals surface area contributed by atoms with E-state index in [1.165, 1.54) is 0 Å². The highest BCUT2D eigenvalue weighted by atomic mass is 16.5. The number of hydrogen-bond acceptors (Lipinski definition) is 2. The highest BCUT2D eigenvalue weighted by Gasteiger charge is 2.04. The Bertz CT molecular complexity index is 212. The highest BCUT2D eigenvalue weighted by molar-refractivity contribution is 5.29. The fraction of sp³-hybridized carbons (Fsp3) is 0.400. The van der Waals surface area contributed by atoms with Crippen molar-refractivity contribution in [3.05, 3.63) is 35.8 Å². The Kier molecular flexibility index (Phi) is 4.93. The molecule has 0 aliphatic rings. The Balaban J connectivity index is 4.86. The van der Waals surface area contributed by atoms with Gasteiger partial charge in [0.1, 0.15) is 0 Å². The number of rotatable bonds is 4. The van der Waals surface area contributed by atoms with Crippen molar-refractivity contribution in [2.45, 2.75) is 13.8 Å². The summed E-state index contributed by atoms with van der Waals surface area (Å²) in [5.74, 6) is 1.39. The summed E-state index contributed by atoms with van der Waals surface area (Å²) in [6.45, 7) is 7.58. The van der Waals surface area contributed by atoms with Crippen LogP contribution in [0.25, 0.3) is 0 Å². The molecule has 0 aromatic heterocycles. The minimum absolute atomic E-state index is 0.690. The molecule has 0 aromatic rings. The van der Waals surface area contributed by atoms with E-state index in [2.05, 4.69) is 6.58 Å². The van der Waals surface area contributed by atoms with E-state index in [9.17, 15) is 0 Å². The van der Waals surface area contributed by atoms with Crippen molar-refractivity contribution < 1.29 is 9.47 Å². The molecule has 0 rings (SSSR count). The maximum absolute atomic E-state index is 5.12. The van der Waals surface area contributed by atoms with Gasteiger partial charge in [-0.15, -0.1) is 0 Å². The van der Waals surface area contributed by atoms with Crippen LogP contribution < -0.4 is 0 Å². The van der Waals surface area contributed by atoms with Crippen molar-refractivity contribution in [2.75, 3.05) is 14.2 Å². The summed E-state index contributed by atoms with van der Waals surface area (Å²) in [5.41, 5.74) is 0.854. The molecule has 0 radical (unpaired) electrons. The van der Waals surface area contributed by atoms with Crippen molar-refractivity contribution in [1.82, 2.24) is 0 Å². The lowest BCUT2D eigenvalue weighted by Crippen LogP contribution is -1.95. The molecular formula is C10H16O2. The first-order valence-electron chi connectivity index (χ1n) is 3.78. The van der Waals surface area contributed by atoms with Gasteiger partial charge < -0.3 is 9.47 Å². The first-order valence-corrected chi connectivity index (χ1v) is 3.78. The number of ether oxygens (including phenoxy) is 2. The Labute approximate surface area is 74.2 Å². The normalized spacial score (nSPS) is 12.7. The van der Waals surface area contributed by atoms with Crippen molar-refractivity contribution in [1.29, 1.82) is 0 Å². The molecule has 2 heteroatoms. The number of allylic oxidation sites excluding steroid dienone is 3. The molecule has 0 atom stereocenters. The van der Waals surface area contributed by atoms with Gasteiger partial charge in [0.15, 0.2) is 11.5 Å². The SMILES string of the molecule is C=C(C)/C(OC)=C(\C=C/C)OC. The molecule has 0 saturated carbocycles. The molecule has 0 aliphatic carbocycles. The van der Waals surface area contributed by atoms with Gasteiger partial charge in [0.25, 0.3) is 0 Å². The van der Waals surface area contributed by atoms with Crippen LogP contribution in [-0.2, 0) is 9.47 Å². The first kappa shape index (κ1) is 10.8. The monoisotopic (exact) mass is 168 g/mol. The maximum Gasteiger partial charge on any atom is 0.163 e. The summed E-state index contributed by atoms with van der Waals surface area (Å²) < 4.78 is 10.2. The van der Waals surface area contributed by atoms with Crippen LogP contribution in [0.1, 0.15) is 13.8 Å². The third-order valence-electron chi connectivity index (χ3n) is 1.35. The van der Waals surface area contributed by atoms with Crippen molar-refractivity contribution in [3.8, 4) is 0 Å². The van der Waals surface area contributed by atoms with Crippen LogP contribution in [0.15, 0.2) is 35.8 Å². The van der Waals surface area contributed by atoms with Crippen molar-refractivity contribution in [2.24, 2.45) is 0 Å². The van der Waals surface area contributed by atoms with Gasteiger partial charge in [-0.1, -0.05) is 12.7 Å². The third-order valence-corrected chi connectivity index (χ3v) is 1.35. The minimum atomic E-state index is 0.690. The standard InChI is InChI=1S/C10H16O2/c1-6-7-9(11-4)10(12-5)8(2)3/h6-7H,2H2,1,3-5H3/b7-6-,10-9-.